The first-order valence-electron chi connectivity index (χ1n) is 14.0. The fraction of sp³-hybridized carbons (Fsp3) is 0.667. The molecule has 2 aliphatic heterocycles. The summed E-state index contributed by atoms with van der Waals surface area (Å²) in [7, 11) is 0. The van der Waals surface area contributed by atoms with Crippen LogP contribution in [0.2, 0.25) is 0 Å². The van der Waals surface area contributed by atoms with Crippen LogP contribution in [0.15, 0.2) is 30.3 Å². The van der Waals surface area contributed by atoms with Gasteiger partial charge in [0.1, 0.15) is 6.10 Å². The van der Waals surface area contributed by atoms with Crippen molar-refractivity contribution in [2.75, 3.05) is 0 Å². The normalized spacial score (nSPS) is 27.7. The molecule has 0 aromatic heterocycles. The van der Waals surface area contributed by atoms with Crippen LogP contribution in [-0.2, 0) is 38.1 Å². The molecule has 0 bridgehead atoms. The predicted octanol–water partition coefficient (Wildman–Crippen LogP) is 4.97. The summed E-state index contributed by atoms with van der Waals surface area (Å²) in [5.41, 5.74) is 0.534. The topological polar surface area (TPSA) is 121 Å². The average molecular weight is 544 g/mol. The minimum atomic E-state index is -1.15. The summed E-state index contributed by atoms with van der Waals surface area (Å²) in [6.07, 6.45) is 1.99. The van der Waals surface area contributed by atoms with E-state index >= 15 is 0 Å². The van der Waals surface area contributed by atoms with Crippen molar-refractivity contribution in [3.63, 3.8) is 0 Å². The van der Waals surface area contributed by atoms with Crippen molar-refractivity contribution in [1.82, 2.24) is 0 Å². The Balaban J connectivity index is 1.57. The Morgan fingerprint density at radius 1 is 1.03 bits per heavy atom. The van der Waals surface area contributed by atoms with Gasteiger partial charge in [0.25, 0.3) is 0 Å². The number of carbonyl (C=O) groups excluding carboxylic acids is 3. The number of carbonyl (C=O) groups is 3. The van der Waals surface area contributed by atoms with Gasteiger partial charge in [0.05, 0.1) is 36.9 Å². The summed E-state index contributed by atoms with van der Waals surface area (Å²) in [6.45, 7) is 7.04. The summed E-state index contributed by atoms with van der Waals surface area (Å²) in [6, 6.07) is 10.9. The Hall–Kier alpha value is -2.96. The quantitative estimate of drug-likeness (QED) is 0.281. The highest BCUT2D eigenvalue weighted by atomic mass is 16.6. The Kier molecular flexibility index (Phi) is 11.8. The molecule has 3 rings (SSSR count). The molecule has 9 heteroatoms. The SMILES string of the molecule is CC(=O)OC(C(=O)OC1CC(CC#N)OC(CCCC2OC(C(=O)OC(C)C)CCC2C)C1)c1ccccc1. The lowest BCUT2D eigenvalue weighted by Crippen LogP contribution is -2.40. The van der Waals surface area contributed by atoms with Crippen LogP contribution in [0.5, 0.6) is 0 Å². The second-order valence-electron chi connectivity index (χ2n) is 10.8. The van der Waals surface area contributed by atoms with Crippen molar-refractivity contribution < 1.29 is 38.1 Å². The van der Waals surface area contributed by atoms with Crippen LogP contribution in [0.3, 0.4) is 0 Å². The lowest BCUT2D eigenvalue weighted by atomic mass is 9.89. The Morgan fingerprint density at radius 3 is 2.41 bits per heavy atom. The van der Waals surface area contributed by atoms with Gasteiger partial charge in [-0.05, 0) is 51.9 Å². The number of rotatable bonds is 11. The van der Waals surface area contributed by atoms with Gasteiger partial charge in [0, 0.05) is 25.3 Å². The van der Waals surface area contributed by atoms with Gasteiger partial charge in [0.2, 0.25) is 6.10 Å². The number of esters is 3. The fourth-order valence-corrected chi connectivity index (χ4v) is 5.25. The first kappa shape index (κ1) is 30.6. The van der Waals surface area contributed by atoms with E-state index in [0.717, 1.165) is 19.3 Å². The van der Waals surface area contributed by atoms with Crippen molar-refractivity contribution in [2.45, 2.75) is 122 Å². The zero-order chi connectivity index (χ0) is 28.4. The molecule has 2 heterocycles. The predicted molar refractivity (Wildman–Crippen MR) is 141 cm³/mol. The number of ether oxygens (including phenoxy) is 5. The van der Waals surface area contributed by atoms with Crippen LogP contribution in [0.25, 0.3) is 0 Å². The van der Waals surface area contributed by atoms with Gasteiger partial charge in [-0.25, -0.2) is 9.59 Å². The molecule has 0 aliphatic carbocycles. The summed E-state index contributed by atoms with van der Waals surface area (Å²) in [4.78, 5) is 37.1. The van der Waals surface area contributed by atoms with Gasteiger partial charge < -0.3 is 23.7 Å². The van der Waals surface area contributed by atoms with E-state index in [1.165, 1.54) is 6.92 Å². The third-order valence-corrected chi connectivity index (χ3v) is 7.13. The van der Waals surface area contributed by atoms with E-state index in [9.17, 15) is 19.6 Å². The first-order valence-corrected chi connectivity index (χ1v) is 14.0. The van der Waals surface area contributed by atoms with Crippen LogP contribution < -0.4 is 0 Å². The zero-order valence-corrected chi connectivity index (χ0v) is 23.4. The maximum atomic E-state index is 13.1. The minimum absolute atomic E-state index is 0.0501. The second-order valence-corrected chi connectivity index (χ2v) is 10.8. The van der Waals surface area contributed by atoms with Gasteiger partial charge in [-0.1, -0.05) is 37.3 Å². The summed E-state index contributed by atoms with van der Waals surface area (Å²) >= 11 is 0. The maximum Gasteiger partial charge on any atom is 0.352 e. The maximum absolute atomic E-state index is 13.1. The molecule has 0 radical (unpaired) electrons. The Labute approximate surface area is 231 Å². The summed E-state index contributed by atoms with van der Waals surface area (Å²) in [5, 5.41) is 9.26. The van der Waals surface area contributed by atoms with Crippen LogP contribution in [0.1, 0.15) is 90.7 Å². The number of hydrogen-bond acceptors (Lipinski definition) is 9. The molecular formula is C30H41NO8. The van der Waals surface area contributed by atoms with Gasteiger partial charge in [-0.3, -0.25) is 4.79 Å². The van der Waals surface area contributed by atoms with E-state index < -0.39 is 30.3 Å². The van der Waals surface area contributed by atoms with Crippen molar-refractivity contribution in [1.29, 1.82) is 5.26 Å². The monoisotopic (exact) mass is 543 g/mol. The number of nitrogens with zero attached hydrogens (tertiary/aromatic N) is 1. The highest BCUT2D eigenvalue weighted by Gasteiger charge is 2.36. The molecule has 2 saturated heterocycles. The van der Waals surface area contributed by atoms with E-state index in [0.29, 0.717) is 37.2 Å². The smallest absolute Gasteiger partial charge is 0.352 e. The highest BCUT2D eigenvalue weighted by Crippen LogP contribution is 2.32. The molecule has 1 aromatic rings. The van der Waals surface area contributed by atoms with E-state index in [1.54, 1.807) is 24.3 Å². The molecule has 0 saturated carbocycles. The fourth-order valence-electron chi connectivity index (χ4n) is 5.25. The minimum Gasteiger partial charge on any atom is -0.461 e. The lowest BCUT2D eigenvalue weighted by Gasteiger charge is -2.36. The van der Waals surface area contributed by atoms with E-state index in [2.05, 4.69) is 13.0 Å². The van der Waals surface area contributed by atoms with Crippen molar-refractivity contribution in [3.05, 3.63) is 35.9 Å². The second kappa shape index (κ2) is 15.0. The summed E-state index contributed by atoms with van der Waals surface area (Å²) < 4.78 is 28.7. The molecule has 0 amide bonds. The molecule has 0 spiro atoms. The molecule has 0 N–H and O–H groups in total. The first-order chi connectivity index (χ1) is 18.7. The number of hydrogen-bond donors (Lipinski definition) is 0. The third kappa shape index (κ3) is 9.63. The van der Waals surface area contributed by atoms with Crippen LogP contribution in [0.4, 0.5) is 0 Å². The van der Waals surface area contributed by atoms with Crippen LogP contribution in [0, 0.1) is 17.2 Å². The molecule has 39 heavy (non-hydrogen) atoms. The van der Waals surface area contributed by atoms with Crippen molar-refractivity contribution in [3.8, 4) is 6.07 Å². The molecule has 1 aromatic carbocycles. The lowest BCUT2D eigenvalue weighted by molar-refractivity contribution is -0.180. The van der Waals surface area contributed by atoms with E-state index in [4.69, 9.17) is 23.7 Å². The van der Waals surface area contributed by atoms with Gasteiger partial charge in [-0.15, -0.1) is 0 Å². The zero-order valence-electron chi connectivity index (χ0n) is 23.4. The molecule has 2 aliphatic rings. The number of benzene rings is 1. The molecule has 214 valence electrons. The van der Waals surface area contributed by atoms with E-state index in [1.807, 2.05) is 19.9 Å². The molecule has 2 fully saturated rings. The van der Waals surface area contributed by atoms with Crippen LogP contribution >= 0.6 is 0 Å². The van der Waals surface area contributed by atoms with Gasteiger partial charge >= 0.3 is 17.9 Å². The average Bonchev–Trinajstić information content (AvgIpc) is 2.88. The third-order valence-electron chi connectivity index (χ3n) is 7.13. The van der Waals surface area contributed by atoms with Gasteiger partial charge in [0.15, 0.2) is 6.10 Å². The largest absolute Gasteiger partial charge is 0.461 e. The Bertz CT molecular complexity index is 990. The van der Waals surface area contributed by atoms with E-state index in [-0.39, 0.29) is 36.8 Å². The molecule has 9 nitrogen and oxygen atoms in total. The standard InChI is InChI=1S/C30H41NO8/c1-19(2)35-29(33)27-14-13-20(3)26(39-27)12-8-11-23-17-25(18-24(37-23)15-16-31)38-30(34)28(36-21(4)32)22-9-6-5-7-10-22/h5-7,9-10,19-20,23-28H,8,11-15,17-18H2,1-4H3. The Morgan fingerprint density at radius 2 is 1.74 bits per heavy atom. The van der Waals surface area contributed by atoms with Crippen molar-refractivity contribution >= 4 is 17.9 Å². The number of nitriles is 1. The summed E-state index contributed by atoms with van der Waals surface area (Å²) in [5.74, 6) is -1.19. The molecule has 7 unspecified atom stereocenters. The molecule has 7 atom stereocenters. The highest BCUT2D eigenvalue weighted by molar-refractivity contribution is 5.80. The molecular weight excluding hydrogens is 502 g/mol. The van der Waals surface area contributed by atoms with Crippen LogP contribution in [-0.4, -0.2) is 54.5 Å². The van der Waals surface area contributed by atoms with Crippen molar-refractivity contribution in [2.24, 2.45) is 5.92 Å². The van der Waals surface area contributed by atoms with Gasteiger partial charge in [-0.2, -0.15) is 5.26 Å².